The Bertz CT molecular complexity index is 1630. The summed E-state index contributed by atoms with van der Waals surface area (Å²) in [6.07, 6.45) is 0. The van der Waals surface area contributed by atoms with Crippen molar-refractivity contribution >= 4 is 27.3 Å². The van der Waals surface area contributed by atoms with Crippen molar-refractivity contribution in [2.45, 2.75) is 22.9 Å². The maximum atomic E-state index is 13.1. The number of nitrogens with one attached hydrogen (secondary N) is 2. The van der Waals surface area contributed by atoms with Crippen LogP contribution in [-0.4, -0.2) is 25.3 Å². The van der Waals surface area contributed by atoms with Crippen LogP contribution < -0.4 is 15.4 Å². The van der Waals surface area contributed by atoms with Gasteiger partial charge in [-0.1, -0.05) is 36.4 Å². The summed E-state index contributed by atoms with van der Waals surface area (Å²) >= 11 is 0. The molecule has 0 unspecified atom stereocenters. The summed E-state index contributed by atoms with van der Waals surface area (Å²) in [6.45, 7) is 0.106. The van der Waals surface area contributed by atoms with Gasteiger partial charge in [-0.15, -0.1) is 0 Å². The average molecular weight is 515 g/mol. The lowest BCUT2D eigenvalue weighted by Gasteiger charge is -2.11. The van der Waals surface area contributed by atoms with Crippen LogP contribution in [0.25, 0.3) is 0 Å². The van der Waals surface area contributed by atoms with Crippen molar-refractivity contribution in [3.05, 3.63) is 113 Å². The zero-order valence-corrected chi connectivity index (χ0v) is 20.3. The van der Waals surface area contributed by atoms with Crippen LogP contribution in [0, 0.1) is 0 Å². The van der Waals surface area contributed by atoms with Gasteiger partial charge in [-0.25, -0.2) is 8.42 Å². The van der Waals surface area contributed by atoms with Crippen LogP contribution in [0.3, 0.4) is 0 Å². The van der Waals surface area contributed by atoms with Crippen LogP contribution in [0.5, 0.6) is 11.5 Å². The topological polar surface area (TPSA) is 122 Å². The van der Waals surface area contributed by atoms with Crippen molar-refractivity contribution in [1.82, 2.24) is 5.32 Å². The fraction of sp³-hybridized carbons (Fsp3) is 0.0714. The van der Waals surface area contributed by atoms with Crippen molar-refractivity contribution in [3.8, 4) is 11.5 Å². The van der Waals surface area contributed by atoms with Crippen LogP contribution in [0.2, 0.25) is 0 Å². The molecule has 1 heterocycles. The van der Waals surface area contributed by atoms with E-state index in [1.54, 1.807) is 54.6 Å². The number of carbonyl (C=O) groups is 2. The number of aliphatic hydroxyl groups is 1. The van der Waals surface area contributed by atoms with Gasteiger partial charge in [0, 0.05) is 12.1 Å². The van der Waals surface area contributed by atoms with Crippen LogP contribution >= 0.6 is 0 Å². The van der Waals surface area contributed by atoms with Crippen LogP contribution in [0.1, 0.15) is 31.8 Å². The molecular formula is C28H22N2O6S. The van der Waals surface area contributed by atoms with Crippen molar-refractivity contribution in [3.63, 3.8) is 0 Å². The monoisotopic (exact) mass is 514 g/mol. The van der Waals surface area contributed by atoms with Gasteiger partial charge in [0.15, 0.2) is 0 Å². The second kappa shape index (κ2) is 9.88. The summed E-state index contributed by atoms with van der Waals surface area (Å²) in [7, 11) is -3.95. The van der Waals surface area contributed by atoms with Crippen molar-refractivity contribution in [2.75, 3.05) is 5.32 Å². The highest BCUT2D eigenvalue weighted by Crippen LogP contribution is 2.34. The Morgan fingerprint density at radius 3 is 2.30 bits per heavy atom. The Hall–Kier alpha value is -4.47. The van der Waals surface area contributed by atoms with Gasteiger partial charge in [0.2, 0.25) is 9.84 Å². The zero-order chi connectivity index (χ0) is 26.0. The molecule has 4 aromatic carbocycles. The van der Waals surface area contributed by atoms with E-state index in [0.29, 0.717) is 11.5 Å². The molecule has 8 nitrogen and oxygen atoms in total. The lowest BCUT2D eigenvalue weighted by atomic mass is 10.1. The number of aliphatic hydroxyl groups excluding tert-OH is 1. The van der Waals surface area contributed by atoms with E-state index in [1.807, 2.05) is 6.07 Å². The van der Waals surface area contributed by atoms with Gasteiger partial charge in [0.05, 0.1) is 27.6 Å². The number of carbonyl (C=O) groups excluding carboxylic acids is 2. The van der Waals surface area contributed by atoms with Gasteiger partial charge in [0.1, 0.15) is 11.5 Å². The average Bonchev–Trinajstić information content (AvgIpc) is 2.99. The summed E-state index contributed by atoms with van der Waals surface area (Å²) in [6, 6.07) is 24.4. The highest BCUT2D eigenvalue weighted by molar-refractivity contribution is 7.91. The summed E-state index contributed by atoms with van der Waals surface area (Å²) in [5, 5.41) is 14.7. The van der Waals surface area contributed by atoms with Crippen LogP contribution in [0.15, 0.2) is 101 Å². The van der Waals surface area contributed by atoms with Gasteiger partial charge >= 0.3 is 0 Å². The Labute approximate surface area is 213 Å². The SMILES string of the molecule is O=C(NCc1cccc(Oc2cccc(CO)c2)c1)c1ccc2c(c1)NC(=O)c1ccccc1S2(=O)=O. The quantitative estimate of drug-likeness (QED) is 0.353. The molecule has 0 fully saturated rings. The molecule has 0 atom stereocenters. The van der Waals surface area contributed by atoms with Gasteiger partial charge in [0.25, 0.3) is 11.8 Å². The lowest BCUT2D eigenvalue weighted by molar-refractivity contribution is 0.0949. The van der Waals surface area contributed by atoms with Crippen molar-refractivity contribution in [2.24, 2.45) is 0 Å². The van der Waals surface area contributed by atoms with Crippen LogP contribution in [0.4, 0.5) is 5.69 Å². The normalized spacial score (nSPS) is 13.5. The molecule has 0 saturated carbocycles. The van der Waals surface area contributed by atoms with Crippen molar-refractivity contribution in [1.29, 1.82) is 0 Å². The third kappa shape index (κ3) is 4.95. The minimum absolute atomic E-state index is 0.0503. The lowest BCUT2D eigenvalue weighted by Crippen LogP contribution is -2.23. The van der Waals surface area contributed by atoms with Gasteiger partial charge < -0.3 is 20.5 Å². The van der Waals surface area contributed by atoms with Gasteiger partial charge in [-0.2, -0.15) is 0 Å². The summed E-state index contributed by atoms with van der Waals surface area (Å²) in [5.41, 5.74) is 1.82. The fourth-order valence-electron chi connectivity index (χ4n) is 4.05. The number of hydrogen-bond acceptors (Lipinski definition) is 6. The van der Waals surface area contributed by atoms with E-state index in [0.717, 1.165) is 11.1 Å². The molecule has 3 N–H and O–H groups in total. The fourth-order valence-corrected chi connectivity index (χ4v) is 5.64. The van der Waals surface area contributed by atoms with Crippen molar-refractivity contribution < 1.29 is 27.9 Å². The first-order chi connectivity index (χ1) is 17.8. The first-order valence-electron chi connectivity index (χ1n) is 11.4. The maximum Gasteiger partial charge on any atom is 0.257 e. The van der Waals surface area contributed by atoms with Gasteiger partial charge in [-0.3, -0.25) is 9.59 Å². The molecule has 5 rings (SSSR count). The highest BCUT2D eigenvalue weighted by Gasteiger charge is 2.31. The summed E-state index contributed by atoms with van der Waals surface area (Å²) in [4.78, 5) is 25.4. The highest BCUT2D eigenvalue weighted by atomic mass is 32.2. The minimum Gasteiger partial charge on any atom is -0.457 e. The number of fused-ring (bicyclic) bond motifs is 2. The van der Waals surface area contributed by atoms with E-state index >= 15 is 0 Å². The molecule has 0 saturated heterocycles. The first kappa shape index (κ1) is 24.2. The predicted molar refractivity (Wildman–Crippen MR) is 136 cm³/mol. The number of rotatable bonds is 6. The Kier molecular flexibility index (Phi) is 6.47. The summed E-state index contributed by atoms with van der Waals surface area (Å²) < 4.78 is 32.1. The molecule has 0 radical (unpaired) electrons. The number of ether oxygens (including phenoxy) is 1. The Morgan fingerprint density at radius 2 is 1.54 bits per heavy atom. The number of hydrogen-bond donors (Lipinski definition) is 3. The number of benzene rings is 4. The molecule has 0 bridgehead atoms. The molecular weight excluding hydrogens is 492 g/mol. The second-order valence-electron chi connectivity index (χ2n) is 8.40. The predicted octanol–water partition coefficient (Wildman–Crippen LogP) is 4.30. The molecule has 0 aliphatic carbocycles. The Morgan fingerprint density at radius 1 is 0.838 bits per heavy atom. The molecule has 2 amide bonds. The molecule has 9 heteroatoms. The van der Waals surface area contributed by atoms with Crippen LogP contribution in [-0.2, 0) is 23.0 Å². The zero-order valence-electron chi connectivity index (χ0n) is 19.5. The van der Waals surface area contributed by atoms with E-state index in [-0.39, 0.29) is 39.8 Å². The maximum absolute atomic E-state index is 13.1. The van der Waals surface area contributed by atoms with E-state index in [2.05, 4.69) is 10.6 Å². The molecule has 4 aromatic rings. The number of anilines is 1. The molecule has 1 aliphatic rings. The van der Waals surface area contributed by atoms with E-state index in [1.165, 1.54) is 30.3 Å². The number of sulfone groups is 1. The van der Waals surface area contributed by atoms with E-state index in [9.17, 15) is 23.1 Å². The Balaban J connectivity index is 1.32. The van der Waals surface area contributed by atoms with Gasteiger partial charge in [-0.05, 0) is 65.7 Å². The van der Waals surface area contributed by atoms with E-state index < -0.39 is 21.7 Å². The molecule has 1 aliphatic heterocycles. The van der Waals surface area contributed by atoms with E-state index in [4.69, 9.17) is 4.74 Å². The smallest absolute Gasteiger partial charge is 0.257 e. The number of amides is 2. The second-order valence-corrected chi connectivity index (χ2v) is 10.3. The molecule has 37 heavy (non-hydrogen) atoms. The molecule has 0 aromatic heterocycles. The third-order valence-electron chi connectivity index (χ3n) is 5.87. The molecule has 186 valence electrons. The minimum atomic E-state index is -3.95. The third-order valence-corrected chi connectivity index (χ3v) is 7.74. The summed E-state index contributed by atoms with van der Waals surface area (Å²) in [5.74, 6) is 0.159. The molecule has 0 spiro atoms. The first-order valence-corrected chi connectivity index (χ1v) is 12.9. The standard InChI is InChI=1S/C28H22N2O6S/c31-17-19-6-4-8-22(14-19)36-21-7-3-5-18(13-21)16-29-27(32)20-11-12-26-24(15-20)30-28(33)23-9-1-2-10-25(23)37(26,34)35/h1-15,31H,16-17H2,(H,29,32)(H,30,33). The largest absolute Gasteiger partial charge is 0.457 e.